The Balaban J connectivity index is 2.63. The van der Waals surface area contributed by atoms with Crippen LogP contribution in [0.4, 0.5) is 0 Å². The summed E-state index contributed by atoms with van der Waals surface area (Å²) in [5.74, 6) is 0.701. The van der Waals surface area contributed by atoms with Gasteiger partial charge in [-0.1, -0.05) is 13.8 Å². The van der Waals surface area contributed by atoms with E-state index in [-0.39, 0.29) is 0 Å². The predicted octanol–water partition coefficient (Wildman–Crippen LogP) is 2.50. The first kappa shape index (κ1) is 16.2. The standard InChI is InChI=1S/C15H29N3O/c1-11(2)9-16-8-7-15-13(4)17-18(14(15)5)12(3)10-19-6/h11-12,16H,7-10H2,1-6H3. The molecule has 0 aliphatic carbocycles. The molecule has 0 aromatic carbocycles. The first-order chi connectivity index (χ1) is 8.97. The van der Waals surface area contributed by atoms with Crippen molar-refractivity contribution < 1.29 is 4.74 Å². The Bertz CT molecular complexity index is 385. The SMILES string of the molecule is COCC(C)n1nc(C)c(CCNCC(C)C)c1C. The smallest absolute Gasteiger partial charge is 0.0727 e. The van der Waals surface area contributed by atoms with E-state index in [0.717, 1.165) is 25.2 Å². The normalized spacial score (nSPS) is 13.2. The Morgan fingerprint density at radius 3 is 2.53 bits per heavy atom. The summed E-state index contributed by atoms with van der Waals surface area (Å²) in [5.41, 5.74) is 3.79. The molecule has 0 bridgehead atoms. The Labute approximate surface area is 117 Å². The van der Waals surface area contributed by atoms with Crippen molar-refractivity contribution in [3.8, 4) is 0 Å². The van der Waals surface area contributed by atoms with Gasteiger partial charge in [0.05, 0.1) is 18.3 Å². The molecule has 4 heteroatoms. The first-order valence-corrected chi connectivity index (χ1v) is 7.21. The molecule has 0 fully saturated rings. The zero-order valence-corrected chi connectivity index (χ0v) is 13.3. The molecule has 1 atom stereocenters. The molecule has 1 aromatic rings. The third-order valence-corrected chi connectivity index (χ3v) is 3.40. The Kier molecular flexibility index (Phi) is 6.52. The number of rotatable bonds is 8. The van der Waals surface area contributed by atoms with E-state index < -0.39 is 0 Å². The van der Waals surface area contributed by atoms with Crippen LogP contribution < -0.4 is 5.32 Å². The van der Waals surface area contributed by atoms with Gasteiger partial charge in [-0.3, -0.25) is 4.68 Å². The molecule has 0 aliphatic heterocycles. The molecular weight excluding hydrogens is 238 g/mol. The van der Waals surface area contributed by atoms with Gasteiger partial charge in [-0.05, 0) is 51.8 Å². The van der Waals surface area contributed by atoms with Crippen LogP contribution in [0.5, 0.6) is 0 Å². The Morgan fingerprint density at radius 2 is 1.95 bits per heavy atom. The largest absolute Gasteiger partial charge is 0.382 e. The number of aromatic nitrogens is 2. The summed E-state index contributed by atoms with van der Waals surface area (Å²) in [6.45, 7) is 13.7. The number of nitrogens with one attached hydrogen (secondary N) is 1. The molecule has 0 amide bonds. The van der Waals surface area contributed by atoms with Gasteiger partial charge in [0.2, 0.25) is 0 Å². The number of aryl methyl sites for hydroxylation is 1. The molecule has 0 aliphatic rings. The number of hydrogen-bond acceptors (Lipinski definition) is 3. The number of methoxy groups -OCH3 is 1. The van der Waals surface area contributed by atoms with Crippen LogP contribution in [-0.2, 0) is 11.2 Å². The summed E-state index contributed by atoms with van der Waals surface area (Å²) in [6.07, 6.45) is 1.05. The van der Waals surface area contributed by atoms with Gasteiger partial charge in [0, 0.05) is 12.8 Å². The molecule has 1 N–H and O–H groups in total. The molecule has 0 saturated heterocycles. The second-order valence-electron chi connectivity index (χ2n) is 5.75. The van der Waals surface area contributed by atoms with Crippen molar-refractivity contribution in [3.05, 3.63) is 17.0 Å². The molecule has 1 heterocycles. The minimum atomic E-state index is 0.293. The molecule has 1 rings (SSSR count). The lowest BCUT2D eigenvalue weighted by Gasteiger charge is -2.13. The van der Waals surface area contributed by atoms with Crippen LogP contribution >= 0.6 is 0 Å². The van der Waals surface area contributed by atoms with Crippen LogP contribution in [-0.4, -0.2) is 36.6 Å². The minimum Gasteiger partial charge on any atom is -0.382 e. The third kappa shape index (κ3) is 4.62. The van der Waals surface area contributed by atoms with Gasteiger partial charge >= 0.3 is 0 Å². The van der Waals surface area contributed by atoms with Crippen LogP contribution in [0.15, 0.2) is 0 Å². The van der Waals surface area contributed by atoms with Crippen molar-refractivity contribution in [2.75, 3.05) is 26.8 Å². The molecular formula is C15H29N3O. The lowest BCUT2D eigenvalue weighted by Crippen LogP contribution is -2.22. The van der Waals surface area contributed by atoms with E-state index in [1.165, 1.54) is 11.3 Å². The maximum absolute atomic E-state index is 5.21. The fourth-order valence-corrected chi connectivity index (χ4v) is 2.40. The average molecular weight is 267 g/mol. The summed E-state index contributed by atoms with van der Waals surface area (Å²) in [4.78, 5) is 0. The average Bonchev–Trinajstić information content (AvgIpc) is 2.61. The Hall–Kier alpha value is -0.870. The summed E-state index contributed by atoms with van der Waals surface area (Å²) >= 11 is 0. The highest BCUT2D eigenvalue weighted by Crippen LogP contribution is 2.18. The minimum absolute atomic E-state index is 0.293. The summed E-state index contributed by atoms with van der Waals surface area (Å²) in [7, 11) is 1.74. The lowest BCUT2D eigenvalue weighted by atomic mass is 10.1. The third-order valence-electron chi connectivity index (χ3n) is 3.40. The second kappa shape index (κ2) is 7.65. The maximum Gasteiger partial charge on any atom is 0.0727 e. The van der Waals surface area contributed by atoms with Gasteiger partial charge in [-0.2, -0.15) is 5.10 Å². The predicted molar refractivity (Wildman–Crippen MR) is 79.7 cm³/mol. The van der Waals surface area contributed by atoms with Crippen LogP contribution in [0.25, 0.3) is 0 Å². The topological polar surface area (TPSA) is 39.1 Å². The van der Waals surface area contributed by atoms with E-state index in [2.05, 4.69) is 49.7 Å². The molecule has 1 unspecified atom stereocenters. The highest BCUT2D eigenvalue weighted by molar-refractivity contribution is 5.25. The van der Waals surface area contributed by atoms with Crippen molar-refractivity contribution in [1.29, 1.82) is 0 Å². The summed E-state index contributed by atoms with van der Waals surface area (Å²) in [5, 5.41) is 8.14. The van der Waals surface area contributed by atoms with Crippen LogP contribution in [0.2, 0.25) is 0 Å². The zero-order chi connectivity index (χ0) is 14.4. The molecule has 4 nitrogen and oxygen atoms in total. The van der Waals surface area contributed by atoms with E-state index in [0.29, 0.717) is 18.6 Å². The van der Waals surface area contributed by atoms with Crippen molar-refractivity contribution in [2.24, 2.45) is 5.92 Å². The van der Waals surface area contributed by atoms with E-state index >= 15 is 0 Å². The first-order valence-electron chi connectivity index (χ1n) is 7.21. The van der Waals surface area contributed by atoms with E-state index in [9.17, 15) is 0 Å². The van der Waals surface area contributed by atoms with Crippen LogP contribution in [0.1, 0.15) is 43.8 Å². The fraction of sp³-hybridized carbons (Fsp3) is 0.800. The van der Waals surface area contributed by atoms with Gasteiger partial charge < -0.3 is 10.1 Å². The molecule has 19 heavy (non-hydrogen) atoms. The number of nitrogens with zero attached hydrogens (tertiary/aromatic N) is 2. The second-order valence-corrected chi connectivity index (χ2v) is 5.75. The lowest BCUT2D eigenvalue weighted by molar-refractivity contribution is 0.156. The quantitative estimate of drug-likeness (QED) is 0.736. The highest BCUT2D eigenvalue weighted by atomic mass is 16.5. The van der Waals surface area contributed by atoms with Gasteiger partial charge in [-0.25, -0.2) is 0 Å². The van der Waals surface area contributed by atoms with Crippen molar-refractivity contribution >= 4 is 0 Å². The molecule has 0 spiro atoms. The summed E-state index contributed by atoms with van der Waals surface area (Å²) in [6, 6.07) is 0.293. The van der Waals surface area contributed by atoms with Crippen molar-refractivity contribution in [2.45, 2.75) is 47.1 Å². The zero-order valence-electron chi connectivity index (χ0n) is 13.3. The number of hydrogen-bond donors (Lipinski definition) is 1. The Morgan fingerprint density at radius 1 is 1.26 bits per heavy atom. The van der Waals surface area contributed by atoms with Crippen molar-refractivity contribution in [1.82, 2.24) is 15.1 Å². The molecule has 1 aromatic heterocycles. The van der Waals surface area contributed by atoms with E-state index in [1.807, 2.05) is 0 Å². The van der Waals surface area contributed by atoms with Crippen LogP contribution in [0, 0.1) is 19.8 Å². The van der Waals surface area contributed by atoms with Crippen molar-refractivity contribution in [3.63, 3.8) is 0 Å². The highest BCUT2D eigenvalue weighted by Gasteiger charge is 2.15. The number of ether oxygens (including phenoxy) is 1. The van der Waals surface area contributed by atoms with Gasteiger partial charge in [0.15, 0.2) is 0 Å². The monoisotopic (exact) mass is 267 g/mol. The fourth-order valence-electron chi connectivity index (χ4n) is 2.40. The van der Waals surface area contributed by atoms with Gasteiger partial charge in [0.1, 0.15) is 0 Å². The molecule has 0 saturated carbocycles. The van der Waals surface area contributed by atoms with Crippen LogP contribution in [0.3, 0.4) is 0 Å². The van der Waals surface area contributed by atoms with Gasteiger partial charge in [0.25, 0.3) is 0 Å². The van der Waals surface area contributed by atoms with E-state index in [1.54, 1.807) is 7.11 Å². The molecule has 0 radical (unpaired) electrons. The maximum atomic E-state index is 5.21. The molecule has 110 valence electrons. The van der Waals surface area contributed by atoms with Gasteiger partial charge in [-0.15, -0.1) is 0 Å². The van der Waals surface area contributed by atoms with E-state index in [4.69, 9.17) is 4.74 Å². The summed E-state index contributed by atoms with van der Waals surface area (Å²) < 4.78 is 7.31.